The van der Waals surface area contributed by atoms with Crippen LogP contribution in [0.25, 0.3) is 0 Å². The van der Waals surface area contributed by atoms with E-state index in [0.29, 0.717) is 30.7 Å². The van der Waals surface area contributed by atoms with E-state index in [2.05, 4.69) is 25.9 Å². The van der Waals surface area contributed by atoms with Crippen molar-refractivity contribution in [2.45, 2.75) is 63.7 Å². The van der Waals surface area contributed by atoms with Crippen LogP contribution in [0.2, 0.25) is 0 Å². The Hall–Kier alpha value is -2.25. The van der Waals surface area contributed by atoms with Crippen molar-refractivity contribution in [1.29, 1.82) is 0 Å². The van der Waals surface area contributed by atoms with Crippen molar-refractivity contribution in [2.75, 3.05) is 24.0 Å². The topological polar surface area (TPSA) is 179 Å². The fraction of sp³-hybridized carbons (Fsp3) is 0.682. The summed E-state index contributed by atoms with van der Waals surface area (Å²) in [4.78, 5) is 57.0. The first kappa shape index (κ1) is 30.8. The molecule has 0 radical (unpaired) electrons. The van der Waals surface area contributed by atoms with Gasteiger partial charge in [0.25, 0.3) is 0 Å². The number of rotatable bonds is 17. The maximum atomic E-state index is 13.1. The average Bonchev–Trinajstić information content (AvgIpc) is 3.31. The molecule has 4 unspecified atom stereocenters. The summed E-state index contributed by atoms with van der Waals surface area (Å²) < 4.78 is 0. The van der Waals surface area contributed by atoms with Crippen molar-refractivity contribution in [3.05, 3.63) is 18.2 Å². The van der Waals surface area contributed by atoms with Crippen molar-refractivity contribution < 1.29 is 24.3 Å². The Bertz CT molecular complexity index is 808. The molecule has 4 atom stereocenters. The molecule has 0 aromatic carbocycles. The molecule has 0 bridgehead atoms. The van der Waals surface area contributed by atoms with Crippen LogP contribution in [-0.2, 0) is 25.6 Å². The zero-order valence-corrected chi connectivity index (χ0v) is 22.3. The zero-order chi connectivity index (χ0) is 26.4. The third kappa shape index (κ3) is 11.8. The van der Waals surface area contributed by atoms with Crippen LogP contribution in [0.4, 0.5) is 0 Å². The number of nitrogens with two attached hydrogens (primary N) is 1. The summed E-state index contributed by atoms with van der Waals surface area (Å²) in [6.45, 7) is 3.84. The Morgan fingerprint density at radius 1 is 0.971 bits per heavy atom. The van der Waals surface area contributed by atoms with Crippen LogP contribution < -0.4 is 21.7 Å². The summed E-state index contributed by atoms with van der Waals surface area (Å²) in [7, 11) is 0. The second-order valence-electron chi connectivity index (χ2n) is 8.60. The van der Waals surface area contributed by atoms with Crippen LogP contribution in [0.1, 0.15) is 38.8 Å². The highest BCUT2D eigenvalue weighted by Gasteiger charge is 2.30. The summed E-state index contributed by atoms with van der Waals surface area (Å²) in [5.74, 6) is -1.36. The molecule has 0 fully saturated rings. The van der Waals surface area contributed by atoms with E-state index < -0.39 is 47.9 Å². The fourth-order valence-electron chi connectivity index (χ4n) is 3.22. The second kappa shape index (κ2) is 16.4. The molecule has 0 aliphatic heterocycles. The van der Waals surface area contributed by atoms with Gasteiger partial charge in [0.1, 0.15) is 18.1 Å². The zero-order valence-electron chi connectivity index (χ0n) is 20.7. The molecule has 7 N–H and O–H groups in total. The molecule has 1 rings (SSSR count). The van der Waals surface area contributed by atoms with Gasteiger partial charge in [-0.2, -0.15) is 23.5 Å². The molecular weight excluding hydrogens is 492 g/mol. The number of aliphatic carboxylic acids is 1. The van der Waals surface area contributed by atoms with Crippen molar-refractivity contribution in [1.82, 2.24) is 25.9 Å². The van der Waals surface area contributed by atoms with Gasteiger partial charge in [-0.05, 0) is 49.2 Å². The lowest BCUT2D eigenvalue weighted by atomic mass is 10.0. The Balaban J connectivity index is 2.93. The number of carboxylic acid groups (broad SMARTS) is 1. The number of imidazole rings is 1. The van der Waals surface area contributed by atoms with E-state index in [1.54, 1.807) is 11.8 Å². The number of hydrogen-bond donors (Lipinski definition) is 6. The summed E-state index contributed by atoms with van der Waals surface area (Å²) in [6, 6.07) is -3.76. The number of nitrogens with zero attached hydrogens (tertiary/aromatic N) is 1. The molecule has 0 aliphatic carbocycles. The average molecular weight is 531 g/mol. The molecule has 1 aromatic heterocycles. The predicted molar refractivity (Wildman–Crippen MR) is 139 cm³/mol. The van der Waals surface area contributed by atoms with Crippen LogP contribution >= 0.6 is 23.5 Å². The third-order valence-corrected chi connectivity index (χ3v) is 6.43. The number of amides is 3. The van der Waals surface area contributed by atoms with Crippen LogP contribution in [-0.4, -0.2) is 86.9 Å². The van der Waals surface area contributed by atoms with Crippen LogP contribution in [0, 0.1) is 5.92 Å². The van der Waals surface area contributed by atoms with Gasteiger partial charge in [-0.25, -0.2) is 9.78 Å². The Kier molecular flexibility index (Phi) is 14.4. The number of H-pyrrole nitrogens is 1. The van der Waals surface area contributed by atoms with Gasteiger partial charge in [0.2, 0.25) is 17.7 Å². The summed E-state index contributed by atoms with van der Waals surface area (Å²) in [5, 5.41) is 17.5. The number of carbonyl (C=O) groups is 4. The number of thioether (sulfide) groups is 2. The molecule has 13 heteroatoms. The molecule has 0 spiro atoms. The van der Waals surface area contributed by atoms with Gasteiger partial charge in [-0.15, -0.1) is 0 Å². The van der Waals surface area contributed by atoms with Gasteiger partial charge in [-0.3, -0.25) is 14.4 Å². The van der Waals surface area contributed by atoms with E-state index in [1.807, 2.05) is 26.4 Å². The maximum absolute atomic E-state index is 13.1. The summed E-state index contributed by atoms with van der Waals surface area (Å²) in [5.41, 5.74) is 6.51. The summed E-state index contributed by atoms with van der Waals surface area (Å²) in [6.07, 6.45) is 7.85. The van der Waals surface area contributed by atoms with Gasteiger partial charge >= 0.3 is 5.97 Å². The lowest BCUT2D eigenvalue weighted by molar-refractivity contribution is -0.142. The van der Waals surface area contributed by atoms with E-state index in [1.165, 1.54) is 24.3 Å². The standard InChI is InChI=1S/C22H38N6O5S2/c1-13(2)9-17(27-19(29)15(23)5-7-34-3)21(31)26-16(6-8-35-4)20(30)28-18(22(32)33)10-14-11-24-12-25-14/h11-13,15-18H,5-10,23H2,1-4H3,(H,24,25)(H,26,31)(H,27,29)(H,28,30)(H,32,33). The predicted octanol–water partition coefficient (Wildman–Crippen LogP) is 0.371. The molecule has 3 amide bonds. The Morgan fingerprint density at radius 2 is 1.54 bits per heavy atom. The number of nitrogens with one attached hydrogen (secondary N) is 4. The highest BCUT2D eigenvalue weighted by atomic mass is 32.2. The number of aromatic amines is 1. The molecule has 35 heavy (non-hydrogen) atoms. The first-order valence-corrected chi connectivity index (χ1v) is 14.2. The minimum Gasteiger partial charge on any atom is -0.480 e. The first-order chi connectivity index (χ1) is 16.6. The number of carboxylic acids is 1. The SMILES string of the molecule is CSCCC(N)C(=O)NC(CC(C)C)C(=O)NC(CCSC)C(=O)NC(Cc1cnc[nH]1)C(=O)O. The van der Waals surface area contributed by atoms with Crippen LogP contribution in [0.5, 0.6) is 0 Å². The minimum absolute atomic E-state index is 0.0181. The Labute approximate surface area is 214 Å². The monoisotopic (exact) mass is 530 g/mol. The molecule has 0 aliphatic rings. The highest BCUT2D eigenvalue weighted by Crippen LogP contribution is 2.09. The highest BCUT2D eigenvalue weighted by molar-refractivity contribution is 7.98. The molecule has 0 saturated carbocycles. The van der Waals surface area contributed by atoms with Gasteiger partial charge in [0, 0.05) is 18.3 Å². The van der Waals surface area contributed by atoms with Crippen LogP contribution in [0.3, 0.4) is 0 Å². The van der Waals surface area contributed by atoms with Gasteiger partial charge < -0.3 is 31.8 Å². The molecule has 0 saturated heterocycles. The van der Waals surface area contributed by atoms with E-state index in [9.17, 15) is 24.3 Å². The lowest BCUT2D eigenvalue weighted by Crippen LogP contribution is -2.57. The fourth-order valence-corrected chi connectivity index (χ4v) is 4.18. The number of aromatic nitrogens is 2. The minimum atomic E-state index is -1.20. The van der Waals surface area contributed by atoms with Crippen molar-refractivity contribution >= 4 is 47.2 Å². The molecule has 198 valence electrons. The lowest BCUT2D eigenvalue weighted by Gasteiger charge is -2.26. The molecular formula is C22H38N6O5S2. The maximum Gasteiger partial charge on any atom is 0.326 e. The van der Waals surface area contributed by atoms with Gasteiger partial charge in [0.05, 0.1) is 12.4 Å². The molecule has 11 nitrogen and oxygen atoms in total. The van der Waals surface area contributed by atoms with Crippen molar-refractivity contribution in [3.8, 4) is 0 Å². The molecule has 1 aromatic rings. The van der Waals surface area contributed by atoms with Gasteiger partial charge in [0.15, 0.2) is 0 Å². The second-order valence-corrected chi connectivity index (χ2v) is 10.6. The summed E-state index contributed by atoms with van der Waals surface area (Å²) >= 11 is 3.07. The smallest absolute Gasteiger partial charge is 0.326 e. The van der Waals surface area contributed by atoms with Crippen LogP contribution in [0.15, 0.2) is 12.5 Å². The Morgan fingerprint density at radius 3 is 2.09 bits per heavy atom. The third-order valence-electron chi connectivity index (χ3n) is 5.15. The van der Waals surface area contributed by atoms with E-state index >= 15 is 0 Å². The number of carbonyl (C=O) groups excluding carboxylic acids is 3. The van der Waals surface area contributed by atoms with E-state index in [-0.39, 0.29) is 12.3 Å². The molecule has 1 heterocycles. The quantitative estimate of drug-likeness (QED) is 0.166. The van der Waals surface area contributed by atoms with E-state index in [0.717, 1.165) is 5.75 Å². The number of hydrogen-bond acceptors (Lipinski definition) is 8. The first-order valence-electron chi connectivity index (χ1n) is 11.4. The normalized spacial score (nSPS) is 14.6. The largest absolute Gasteiger partial charge is 0.480 e. The van der Waals surface area contributed by atoms with Crippen molar-refractivity contribution in [2.24, 2.45) is 11.7 Å². The van der Waals surface area contributed by atoms with E-state index in [4.69, 9.17) is 5.73 Å². The van der Waals surface area contributed by atoms with Crippen molar-refractivity contribution in [3.63, 3.8) is 0 Å². The van der Waals surface area contributed by atoms with Gasteiger partial charge in [-0.1, -0.05) is 13.8 Å².